The molecule has 3 aromatic rings. The van der Waals surface area contributed by atoms with Crippen molar-refractivity contribution in [2.75, 3.05) is 0 Å². The third kappa shape index (κ3) is 5.29. The van der Waals surface area contributed by atoms with Crippen LogP contribution in [0.5, 0.6) is 5.88 Å². The van der Waals surface area contributed by atoms with E-state index < -0.39 is 28.2 Å². The zero-order valence-corrected chi connectivity index (χ0v) is 15.3. The smallest absolute Gasteiger partial charge is 0.416 e. The van der Waals surface area contributed by atoms with Crippen molar-refractivity contribution in [3.63, 3.8) is 0 Å². The van der Waals surface area contributed by atoms with E-state index in [9.17, 15) is 21.6 Å². The van der Waals surface area contributed by atoms with Crippen LogP contribution < -0.4 is 4.74 Å². The molecule has 3 rings (SSSR count). The fraction of sp³-hybridized carbons (Fsp3) is 0.158. The van der Waals surface area contributed by atoms with Gasteiger partial charge in [0.25, 0.3) is 0 Å². The highest BCUT2D eigenvalue weighted by Gasteiger charge is 2.30. The van der Waals surface area contributed by atoms with Crippen LogP contribution in [0.25, 0.3) is 11.3 Å². The molecule has 1 aromatic heterocycles. The maximum absolute atomic E-state index is 13.0. The molecule has 5 nitrogen and oxygen atoms in total. The van der Waals surface area contributed by atoms with Crippen LogP contribution in [0.1, 0.15) is 17.0 Å². The van der Waals surface area contributed by atoms with Crippen LogP contribution >= 0.6 is 0 Å². The van der Waals surface area contributed by atoms with Gasteiger partial charge in [-0.25, -0.2) is 13.4 Å². The zero-order valence-electron chi connectivity index (χ0n) is 14.4. The first kappa shape index (κ1) is 19.8. The van der Waals surface area contributed by atoms with E-state index in [-0.39, 0.29) is 29.6 Å². The molecule has 0 unspecified atom stereocenters. The lowest BCUT2D eigenvalue weighted by Gasteiger charge is -2.11. The summed E-state index contributed by atoms with van der Waals surface area (Å²) in [6, 6.07) is 15.2. The number of hydrogen-bond donors (Lipinski definition) is 1. The van der Waals surface area contributed by atoms with Crippen molar-refractivity contribution in [1.82, 2.24) is 9.97 Å². The van der Waals surface area contributed by atoms with E-state index in [0.29, 0.717) is 0 Å². The van der Waals surface area contributed by atoms with Gasteiger partial charge in [-0.15, -0.1) is 0 Å². The Labute approximate surface area is 160 Å². The molecule has 9 heteroatoms. The molecule has 0 aliphatic rings. The third-order valence-corrected chi connectivity index (χ3v) is 4.28. The topological polar surface area (TPSA) is 69.2 Å². The summed E-state index contributed by atoms with van der Waals surface area (Å²) in [6.07, 6.45) is -4.50. The normalized spacial score (nSPS) is 11.6. The summed E-state index contributed by atoms with van der Waals surface area (Å²) in [4.78, 5) is 8.13. The van der Waals surface area contributed by atoms with Crippen molar-refractivity contribution in [3.05, 3.63) is 77.6 Å². The van der Waals surface area contributed by atoms with Crippen LogP contribution in [0.4, 0.5) is 13.2 Å². The van der Waals surface area contributed by atoms with Gasteiger partial charge in [-0.1, -0.05) is 42.5 Å². The molecule has 0 saturated heterocycles. The molecule has 0 amide bonds. The Morgan fingerprint density at radius 3 is 2.36 bits per heavy atom. The maximum atomic E-state index is 13.0. The van der Waals surface area contributed by atoms with Crippen molar-refractivity contribution in [2.24, 2.45) is 0 Å². The number of halogens is 3. The van der Waals surface area contributed by atoms with E-state index in [0.717, 1.165) is 17.7 Å². The average molecular weight is 408 g/mol. The summed E-state index contributed by atoms with van der Waals surface area (Å²) in [6.45, 7) is 0.169. The van der Waals surface area contributed by atoms with E-state index in [1.807, 2.05) is 30.3 Å². The van der Waals surface area contributed by atoms with Crippen LogP contribution in [-0.4, -0.2) is 18.4 Å². The molecule has 0 radical (unpaired) electrons. The quantitative estimate of drug-likeness (QED) is 0.628. The second kappa shape index (κ2) is 8.39. The standard InChI is InChI=1S/C19H15F3N2O3S/c20-19(21,22)15-8-4-7-14(9-15)16-10-18(24-17(23-16)12-28(25)26)27-11-13-5-2-1-3-6-13/h1-10,28H,11-12H2. The second-order valence-electron chi connectivity index (χ2n) is 5.85. The van der Waals surface area contributed by atoms with Crippen LogP contribution in [0, 0.1) is 0 Å². The fourth-order valence-corrected chi connectivity index (χ4v) is 2.84. The van der Waals surface area contributed by atoms with Gasteiger partial charge in [-0.05, 0) is 17.7 Å². The van der Waals surface area contributed by atoms with Crippen LogP contribution in [0.2, 0.25) is 0 Å². The number of nitrogens with zero attached hydrogens (tertiary/aromatic N) is 2. The molecule has 28 heavy (non-hydrogen) atoms. The Hall–Kier alpha value is -2.94. The van der Waals surface area contributed by atoms with E-state index in [1.165, 1.54) is 18.2 Å². The highest BCUT2D eigenvalue weighted by molar-refractivity contribution is 7.71. The Bertz CT molecular complexity index is 1030. The lowest BCUT2D eigenvalue weighted by atomic mass is 10.1. The van der Waals surface area contributed by atoms with Gasteiger partial charge in [-0.3, -0.25) is 0 Å². The minimum absolute atomic E-state index is 0.0471. The SMILES string of the molecule is O=[SH](=O)Cc1nc(OCc2ccccc2)cc(-c2cccc(C(F)(F)F)c2)n1. The van der Waals surface area contributed by atoms with E-state index in [2.05, 4.69) is 9.97 Å². The fourth-order valence-electron chi connectivity index (χ4n) is 2.47. The number of hydrogen-bond acceptors (Lipinski definition) is 5. The minimum Gasteiger partial charge on any atom is -0.473 e. The maximum Gasteiger partial charge on any atom is 0.416 e. The van der Waals surface area contributed by atoms with Gasteiger partial charge >= 0.3 is 6.18 Å². The van der Waals surface area contributed by atoms with Crippen LogP contribution in [-0.2, 0) is 29.2 Å². The van der Waals surface area contributed by atoms with Gasteiger partial charge in [0, 0.05) is 11.6 Å². The second-order valence-corrected chi connectivity index (χ2v) is 6.83. The summed E-state index contributed by atoms with van der Waals surface area (Å²) < 4.78 is 66.7. The zero-order chi connectivity index (χ0) is 20.1. The van der Waals surface area contributed by atoms with Gasteiger partial charge in [0.1, 0.15) is 28.9 Å². The first-order chi connectivity index (χ1) is 13.3. The molecular formula is C19H15F3N2O3S. The molecule has 0 bridgehead atoms. The summed E-state index contributed by atoms with van der Waals surface area (Å²) in [7, 11) is -2.81. The monoisotopic (exact) mass is 408 g/mol. The molecule has 0 N–H and O–H groups in total. The average Bonchev–Trinajstić information content (AvgIpc) is 2.66. The number of ether oxygens (including phenoxy) is 1. The van der Waals surface area contributed by atoms with Gasteiger partial charge in [-0.2, -0.15) is 18.2 Å². The highest BCUT2D eigenvalue weighted by atomic mass is 32.2. The molecule has 0 saturated carbocycles. The number of aromatic nitrogens is 2. The lowest BCUT2D eigenvalue weighted by molar-refractivity contribution is -0.137. The Morgan fingerprint density at radius 1 is 0.929 bits per heavy atom. The molecule has 1 heterocycles. The molecule has 0 fully saturated rings. The summed E-state index contributed by atoms with van der Waals surface area (Å²) >= 11 is 0. The molecule has 2 aromatic carbocycles. The van der Waals surface area contributed by atoms with Crippen LogP contribution in [0.3, 0.4) is 0 Å². The Morgan fingerprint density at radius 2 is 1.68 bits per heavy atom. The van der Waals surface area contributed by atoms with Crippen molar-refractivity contribution in [1.29, 1.82) is 0 Å². The predicted molar refractivity (Wildman–Crippen MR) is 97.3 cm³/mol. The van der Waals surface area contributed by atoms with Gasteiger partial charge in [0.2, 0.25) is 5.88 Å². The van der Waals surface area contributed by atoms with Gasteiger partial charge in [0.05, 0.1) is 11.3 Å². The Kier molecular flexibility index (Phi) is 5.93. The molecular weight excluding hydrogens is 393 g/mol. The van der Waals surface area contributed by atoms with E-state index in [4.69, 9.17) is 4.74 Å². The van der Waals surface area contributed by atoms with E-state index in [1.54, 1.807) is 0 Å². The minimum atomic E-state index is -4.50. The van der Waals surface area contributed by atoms with Crippen molar-refractivity contribution >= 4 is 10.7 Å². The number of rotatable bonds is 6. The predicted octanol–water partition coefficient (Wildman–Crippen LogP) is 3.85. The molecule has 0 spiro atoms. The number of alkyl halides is 3. The number of thiol groups is 1. The van der Waals surface area contributed by atoms with E-state index >= 15 is 0 Å². The summed E-state index contributed by atoms with van der Waals surface area (Å²) in [5.74, 6) is -0.406. The molecule has 146 valence electrons. The van der Waals surface area contributed by atoms with Gasteiger partial charge < -0.3 is 4.74 Å². The first-order valence-corrected chi connectivity index (χ1v) is 9.51. The number of benzene rings is 2. The van der Waals surface area contributed by atoms with Gasteiger partial charge in [0.15, 0.2) is 0 Å². The summed E-state index contributed by atoms with van der Waals surface area (Å²) in [5, 5.41) is 0. The largest absolute Gasteiger partial charge is 0.473 e. The summed E-state index contributed by atoms with van der Waals surface area (Å²) in [5.41, 5.74) is 0.366. The van der Waals surface area contributed by atoms with Crippen molar-refractivity contribution < 1.29 is 26.3 Å². The Balaban J connectivity index is 1.96. The van der Waals surface area contributed by atoms with Crippen LogP contribution in [0.15, 0.2) is 60.7 Å². The van der Waals surface area contributed by atoms with Crippen molar-refractivity contribution in [2.45, 2.75) is 18.5 Å². The molecule has 0 aliphatic carbocycles. The third-order valence-electron chi connectivity index (χ3n) is 3.73. The lowest BCUT2D eigenvalue weighted by Crippen LogP contribution is -2.06. The first-order valence-electron chi connectivity index (χ1n) is 8.15. The highest BCUT2D eigenvalue weighted by Crippen LogP contribution is 2.32. The molecule has 0 atom stereocenters. The van der Waals surface area contributed by atoms with Crippen molar-refractivity contribution in [3.8, 4) is 17.1 Å². The molecule has 0 aliphatic heterocycles.